The van der Waals surface area contributed by atoms with Crippen LogP contribution in [-0.2, 0) is 10.5 Å². The lowest BCUT2D eigenvalue weighted by molar-refractivity contribution is -0.118. The SMILES string of the molecule is COc1ccc(/C(C)=N\NC(=O)CSCc2ccc(Cl)cc2)cc1. The predicted molar refractivity (Wildman–Crippen MR) is 101 cm³/mol. The average Bonchev–Trinajstić information content (AvgIpc) is 2.61. The second-order valence-electron chi connectivity index (χ2n) is 5.08. The molecule has 2 rings (SSSR count). The van der Waals surface area contributed by atoms with Crippen molar-refractivity contribution in [3.8, 4) is 5.75 Å². The summed E-state index contributed by atoms with van der Waals surface area (Å²) in [6.07, 6.45) is 0. The second kappa shape index (κ2) is 9.35. The molecule has 126 valence electrons. The summed E-state index contributed by atoms with van der Waals surface area (Å²) in [5.74, 6) is 1.77. The maximum atomic E-state index is 11.8. The molecule has 6 heteroatoms. The Bertz CT molecular complexity index is 700. The van der Waals surface area contributed by atoms with Gasteiger partial charge in [0.1, 0.15) is 5.75 Å². The number of carbonyl (C=O) groups is 1. The van der Waals surface area contributed by atoms with E-state index in [9.17, 15) is 4.79 Å². The van der Waals surface area contributed by atoms with E-state index in [2.05, 4.69) is 10.5 Å². The molecule has 0 spiro atoms. The van der Waals surface area contributed by atoms with Crippen molar-refractivity contribution in [2.45, 2.75) is 12.7 Å². The van der Waals surface area contributed by atoms with E-state index >= 15 is 0 Å². The van der Waals surface area contributed by atoms with E-state index in [0.29, 0.717) is 10.8 Å². The molecule has 2 aromatic rings. The van der Waals surface area contributed by atoms with Gasteiger partial charge in [0, 0.05) is 10.8 Å². The molecule has 0 saturated heterocycles. The number of methoxy groups -OCH3 is 1. The van der Waals surface area contributed by atoms with Gasteiger partial charge >= 0.3 is 0 Å². The van der Waals surface area contributed by atoms with Crippen LogP contribution in [0.1, 0.15) is 18.1 Å². The maximum Gasteiger partial charge on any atom is 0.250 e. The summed E-state index contributed by atoms with van der Waals surface area (Å²) < 4.78 is 5.11. The number of benzene rings is 2. The molecule has 0 fully saturated rings. The van der Waals surface area contributed by atoms with E-state index in [4.69, 9.17) is 16.3 Å². The molecule has 0 heterocycles. The summed E-state index contributed by atoms with van der Waals surface area (Å²) >= 11 is 7.37. The normalized spacial score (nSPS) is 11.2. The van der Waals surface area contributed by atoms with E-state index in [0.717, 1.165) is 28.3 Å². The van der Waals surface area contributed by atoms with Crippen LogP contribution in [0.15, 0.2) is 53.6 Å². The fourth-order valence-electron chi connectivity index (χ4n) is 1.92. The Balaban J connectivity index is 1.77. The summed E-state index contributed by atoms with van der Waals surface area (Å²) in [6.45, 7) is 1.85. The third-order valence-corrected chi connectivity index (χ3v) is 4.53. The van der Waals surface area contributed by atoms with E-state index in [1.165, 1.54) is 11.8 Å². The monoisotopic (exact) mass is 362 g/mol. The summed E-state index contributed by atoms with van der Waals surface area (Å²) in [6, 6.07) is 15.1. The Hall–Kier alpha value is -1.98. The minimum Gasteiger partial charge on any atom is -0.497 e. The van der Waals surface area contributed by atoms with E-state index < -0.39 is 0 Å². The standard InChI is InChI=1S/C18H19ClN2O2S/c1-13(15-5-9-17(23-2)10-6-15)20-21-18(22)12-24-11-14-3-7-16(19)8-4-14/h3-10H,11-12H2,1-2H3,(H,21,22)/b20-13-. The first-order chi connectivity index (χ1) is 11.6. The quantitative estimate of drug-likeness (QED) is 0.595. The predicted octanol–water partition coefficient (Wildman–Crippen LogP) is 4.12. The highest BCUT2D eigenvalue weighted by molar-refractivity contribution is 7.99. The Kier molecular flexibility index (Phi) is 7.15. The van der Waals surface area contributed by atoms with Crippen LogP contribution in [0.4, 0.5) is 0 Å². The number of hydrogen-bond donors (Lipinski definition) is 1. The number of nitrogens with zero attached hydrogens (tertiary/aromatic N) is 1. The van der Waals surface area contributed by atoms with Crippen molar-refractivity contribution < 1.29 is 9.53 Å². The van der Waals surface area contributed by atoms with Crippen LogP contribution in [0.25, 0.3) is 0 Å². The van der Waals surface area contributed by atoms with Gasteiger partial charge in [0.15, 0.2) is 0 Å². The fraction of sp³-hybridized carbons (Fsp3) is 0.222. The van der Waals surface area contributed by atoms with Crippen LogP contribution < -0.4 is 10.2 Å². The van der Waals surface area contributed by atoms with Gasteiger partial charge in [0.05, 0.1) is 18.6 Å². The molecule has 0 aliphatic heterocycles. The zero-order chi connectivity index (χ0) is 17.4. The van der Waals surface area contributed by atoms with Crippen molar-refractivity contribution in [2.75, 3.05) is 12.9 Å². The lowest BCUT2D eigenvalue weighted by atomic mass is 10.1. The van der Waals surface area contributed by atoms with Gasteiger partial charge in [-0.3, -0.25) is 4.79 Å². The molecule has 0 aromatic heterocycles. The Morgan fingerprint density at radius 1 is 1.17 bits per heavy atom. The Morgan fingerprint density at radius 2 is 1.83 bits per heavy atom. The zero-order valence-electron chi connectivity index (χ0n) is 13.6. The van der Waals surface area contributed by atoms with Gasteiger partial charge in [0.2, 0.25) is 5.91 Å². The first-order valence-electron chi connectivity index (χ1n) is 7.38. The van der Waals surface area contributed by atoms with Gasteiger partial charge in [-0.1, -0.05) is 23.7 Å². The minimum atomic E-state index is -0.123. The van der Waals surface area contributed by atoms with Crippen molar-refractivity contribution in [1.29, 1.82) is 0 Å². The van der Waals surface area contributed by atoms with Crippen molar-refractivity contribution >= 4 is 35.0 Å². The van der Waals surface area contributed by atoms with E-state index in [-0.39, 0.29) is 5.91 Å². The lowest BCUT2D eigenvalue weighted by Crippen LogP contribution is -2.21. The molecule has 0 unspecified atom stereocenters. The third-order valence-electron chi connectivity index (χ3n) is 3.27. The molecule has 0 atom stereocenters. The molecular weight excluding hydrogens is 344 g/mol. The lowest BCUT2D eigenvalue weighted by Gasteiger charge is -2.05. The number of halogens is 1. The topological polar surface area (TPSA) is 50.7 Å². The highest BCUT2D eigenvalue weighted by Crippen LogP contribution is 2.15. The molecule has 1 amide bonds. The zero-order valence-corrected chi connectivity index (χ0v) is 15.2. The average molecular weight is 363 g/mol. The Labute approximate surface area is 151 Å². The molecule has 2 aromatic carbocycles. The molecule has 0 saturated carbocycles. The first kappa shape index (κ1) is 18.4. The maximum absolute atomic E-state index is 11.8. The molecule has 0 bridgehead atoms. The summed E-state index contributed by atoms with van der Waals surface area (Å²) in [5.41, 5.74) is 5.39. The molecule has 0 aliphatic rings. The minimum absolute atomic E-state index is 0.123. The van der Waals surface area contributed by atoms with Crippen LogP contribution >= 0.6 is 23.4 Å². The number of hydrogen-bond acceptors (Lipinski definition) is 4. The molecule has 4 nitrogen and oxygen atoms in total. The molecule has 24 heavy (non-hydrogen) atoms. The summed E-state index contributed by atoms with van der Waals surface area (Å²) in [4.78, 5) is 11.8. The van der Waals surface area contributed by atoms with Gasteiger partial charge in [-0.15, -0.1) is 11.8 Å². The van der Waals surface area contributed by atoms with Crippen LogP contribution in [-0.4, -0.2) is 24.5 Å². The highest BCUT2D eigenvalue weighted by Gasteiger charge is 2.03. The largest absolute Gasteiger partial charge is 0.497 e. The summed E-state index contributed by atoms with van der Waals surface area (Å²) in [5, 5.41) is 4.85. The van der Waals surface area contributed by atoms with Crippen molar-refractivity contribution in [2.24, 2.45) is 5.10 Å². The molecule has 1 N–H and O–H groups in total. The van der Waals surface area contributed by atoms with Crippen LogP contribution in [0.2, 0.25) is 5.02 Å². The van der Waals surface area contributed by atoms with Gasteiger partial charge < -0.3 is 4.74 Å². The number of thioether (sulfide) groups is 1. The van der Waals surface area contributed by atoms with Crippen molar-refractivity contribution in [3.05, 3.63) is 64.7 Å². The van der Waals surface area contributed by atoms with Gasteiger partial charge in [-0.25, -0.2) is 5.43 Å². The first-order valence-corrected chi connectivity index (χ1v) is 8.91. The smallest absolute Gasteiger partial charge is 0.250 e. The van der Waals surface area contributed by atoms with Crippen LogP contribution in [0.5, 0.6) is 5.75 Å². The molecular formula is C18H19ClN2O2S. The van der Waals surface area contributed by atoms with Crippen molar-refractivity contribution in [1.82, 2.24) is 5.43 Å². The number of carbonyl (C=O) groups excluding carboxylic acids is 1. The van der Waals surface area contributed by atoms with Crippen LogP contribution in [0.3, 0.4) is 0 Å². The second-order valence-corrected chi connectivity index (χ2v) is 6.50. The van der Waals surface area contributed by atoms with E-state index in [1.807, 2.05) is 55.5 Å². The molecule has 0 radical (unpaired) electrons. The third kappa shape index (κ3) is 5.91. The highest BCUT2D eigenvalue weighted by atomic mass is 35.5. The Morgan fingerprint density at radius 3 is 2.46 bits per heavy atom. The van der Waals surface area contributed by atoms with Gasteiger partial charge in [-0.05, 0) is 54.4 Å². The van der Waals surface area contributed by atoms with Crippen molar-refractivity contribution in [3.63, 3.8) is 0 Å². The summed E-state index contributed by atoms with van der Waals surface area (Å²) in [7, 11) is 1.62. The van der Waals surface area contributed by atoms with Gasteiger partial charge in [-0.2, -0.15) is 5.10 Å². The number of amides is 1. The number of hydrazone groups is 1. The van der Waals surface area contributed by atoms with Crippen LogP contribution in [0, 0.1) is 0 Å². The van der Waals surface area contributed by atoms with E-state index in [1.54, 1.807) is 7.11 Å². The number of rotatable bonds is 7. The van der Waals surface area contributed by atoms with Gasteiger partial charge in [0.25, 0.3) is 0 Å². The number of nitrogens with one attached hydrogen (secondary N) is 1. The number of ether oxygens (including phenoxy) is 1. The fourth-order valence-corrected chi connectivity index (χ4v) is 2.82. The molecule has 0 aliphatic carbocycles.